The fourth-order valence-electron chi connectivity index (χ4n) is 3.40. The summed E-state index contributed by atoms with van der Waals surface area (Å²) < 4.78 is 0. The molecule has 0 spiro atoms. The van der Waals surface area contributed by atoms with Crippen molar-refractivity contribution < 1.29 is 0 Å². The van der Waals surface area contributed by atoms with Crippen LogP contribution in [0.5, 0.6) is 0 Å². The first-order valence-electron chi connectivity index (χ1n) is 11.1. The second-order valence-electron chi connectivity index (χ2n) is 7.51. The van der Waals surface area contributed by atoms with Crippen molar-refractivity contribution in [2.75, 3.05) is 6.54 Å². The first kappa shape index (κ1) is 26.7. The monoisotopic (exact) mass is 405 g/mol. The fraction of sp³-hybridized carbons (Fsp3) is 1.00. The highest BCUT2D eigenvalue weighted by Crippen LogP contribution is 2.14. The molecule has 0 aliphatic carbocycles. The molecule has 1 nitrogen and oxygen atoms in total. The van der Waals surface area contributed by atoms with E-state index in [1.165, 1.54) is 128 Å². The van der Waals surface area contributed by atoms with Crippen LogP contribution in [0.15, 0.2) is 0 Å². The normalized spacial score (nSPS) is 10.8. The molecule has 24 heavy (non-hydrogen) atoms. The van der Waals surface area contributed by atoms with E-state index in [9.17, 15) is 0 Å². The van der Waals surface area contributed by atoms with Crippen LogP contribution in [0.2, 0.25) is 0 Å². The molecule has 0 amide bonds. The van der Waals surface area contributed by atoms with E-state index in [1.807, 2.05) is 0 Å². The van der Waals surface area contributed by atoms with Gasteiger partial charge in [-0.2, -0.15) is 0 Å². The molecule has 0 bridgehead atoms. The molecule has 0 aliphatic rings. The van der Waals surface area contributed by atoms with E-state index < -0.39 is 0 Å². The lowest BCUT2D eigenvalue weighted by molar-refractivity contribution is 0.522. The van der Waals surface area contributed by atoms with Gasteiger partial charge in [-0.3, -0.25) is 0 Å². The minimum Gasteiger partial charge on any atom is -0.330 e. The lowest BCUT2D eigenvalue weighted by Gasteiger charge is -2.04. The van der Waals surface area contributed by atoms with Gasteiger partial charge < -0.3 is 5.73 Å². The SMILES string of the molecule is Br.CCCCCCCCCCCCCCCCCCCCCCN. The van der Waals surface area contributed by atoms with E-state index in [0.29, 0.717) is 0 Å². The van der Waals surface area contributed by atoms with E-state index in [0.717, 1.165) is 6.54 Å². The van der Waals surface area contributed by atoms with Gasteiger partial charge in [0.2, 0.25) is 0 Å². The average molecular weight is 407 g/mol. The van der Waals surface area contributed by atoms with Crippen molar-refractivity contribution >= 4 is 17.0 Å². The van der Waals surface area contributed by atoms with E-state index >= 15 is 0 Å². The predicted octanol–water partition coefficient (Wildman–Crippen LogP) is 8.34. The number of hydrogen-bond acceptors (Lipinski definition) is 1. The van der Waals surface area contributed by atoms with Gasteiger partial charge in [0.25, 0.3) is 0 Å². The molecular weight excluding hydrogens is 358 g/mol. The molecule has 2 N–H and O–H groups in total. The maximum Gasteiger partial charge on any atom is -0.00773 e. The van der Waals surface area contributed by atoms with Gasteiger partial charge in [-0.25, -0.2) is 0 Å². The highest BCUT2D eigenvalue weighted by molar-refractivity contribution is 8.93. The number of rotatable bonds is 20. The lowest BCUT2D eigenvalue weighted by Crippen LogP contribution is -1.97. The van der Waals surface area contributed by atoms with E-state index in [-0.39, 0.29) is 17.0 Å². The van der Waals surface area contributed by atoms with E-state index in [2.05, 4.69) is 6.92 Å². The summed E-state index contributed by atoms with van der Waals surface area (Å²) in [6.45, 7) is 3.17. The van der Waals surface area contributed by atoms with Crippen molar-refractivity contribution in [2.24, 2.45) is 5.73 Å². The fourth-order valence-corrected chi connectivity index (χ4v) is 3.40. The van der Waals surface area contributed by atoms with Crippen molar-refractivity contribution in [3.05, 3.63) is 0 Å². The zero-order valence-corrected chi connectivity index (χ0v) is 18.5. The molecule has 0 saturated carbocycles. The summed E-state index contributed by atoms with van der Waals surface area (Å²) in [5, 5.41) is 0. The first-order chi connectivity index (χ1) is 11.4. The third kappa shape index (κ3) is 24.7. The summed E-state index contributed by atoms with van der Waals surface area (Å²) in [4.78, 5) is 0. The van der Waals surface area contributed by atoms with Crippen molar-refractivity contribution in [3.8, 4) is 0 Å². The zero-order valence-electron chi connectivity index (χ0n) is 16.8. The Morgan fingerprint density at radius 3 is 0.792 bits per heavy atom. The summed E-state index contributed by atoms with van der Waals surface area (Å²) in [5.74, 6) is 0. The maximum atomic E-state index is 5.51. The van der Waals surface area contributed by atoms with Crippen LogP contribution in [0.4, 0.5) is 0 Å². The minimum atomic E-state index is 0. The predicted molar refractivity (Wildman–Crippen MR) is 117 cm³/mol. The highest BCUT2D eigenvalue weighted by Gasteiger charge is 1.95. The van der Waals surface area contributed by atoms with E-state index in [4.69, 9.17) is 5.73 Å². The third-order valence-electron chi connectivity index (χ3n) is 5.06. The molecular formula is C22H48BrN. The largest absolute Gasteiger partial charge is 0.330 e. The van der Waals surface area contributed by atoms with Crippen molar-refractivity contribution in [1.82, 2.24) is 0 Å². The van der Waals surface area contributed by atoms with E-state index in [1.54, 1.807) is 0 Å². The molecule has 0 atom stereocenters. The molecule has 0 aromatic heterocycles. The van der Waals surface area contributed by atoms with Crippen LogP contribution in [0, 0.1) is 0 Å². The van der Waals surface area contributed by atoms with Crippen LogP contribution in [-0.2, 0) is 0 Å². The van der Waals surface area contributed by atoms with Gasteiger partial charge >= 0.3 is 0 Å². The van der Waals surface area contributed by atoms with Crippen molar-refractivity contribution in [1.29, 1.82) is 0 Å². The molecule has 0 rings (SSSR count). The highest BCUT2D eigenvalue weighted by atomic mass is 79.9. The van der Waals surface area contributed by atoms with Crippen LogP contribution in [0.3, 0.4) is 0 Å². The number of hydrogen-bond donors (Lipinski definition) is 1. The number of nitrogens with two attached hydrogens (primary N) is 1. The lowest BCUT2D eigenvalue weighted by atomic mass is 10.0. The van der Waals surface area contributed by atoms with Gasteiger partial charge in [0.1, 0.15) is 0 Å². The molecule has 0 unspecified atom stereocenters. The molecule has 0 aromatic rings. The Morgan fingerprint density at radius 1 is 0.375 bits per heavy atom. The van der Waals surface area contributed by atoms with Gasteiger partial charge in [-0.05, 0) is 13.0 Å². The zero-order chi connectivity index (χ0) is 16.8. The molecule has 0 fully saturated rings. The van der Waals surface area contributed by atoms with Gasteiger partial charge in [0.05, 0.1) is 0 Å². The molecule has 2 heteroatoms. The summed E-state index contributed by atoms with van der Waals surface area (Å²) in [6, 6.07) is 0. The molecule has 0 radical (unpaired) electrons. The average Bonchev–Trinajstić information content (AvgIpc) is 2.57. The Hall–Kier alpha value is 0.440. The number of unbranched alkanes of at least 4 members (excludes halogenated alkanes) is 19. The van der Waals surface area contributed by atoms with Crippen LogP contribution in [0.1, 0.15) is 135 Å². The first-order valence-corrected chi connectivity index (χ1v) is 11.1. The van der Waals surface area contributed by atoms with Gasteiger partial charge in [0, 0.05) is 0 Å². The van der Waals surface area contributed by atoms with Crippen molar-refractivity contribution in [2.45, 2.75) is 135 Å². The molecule has 148 valence electrons. The minimum absolute atomic E-state index is 0. The van der Waals surface area contributed by atoms with Crippen LogP contribution in [0.25, 0.3) is 0 Å². The smallest absolute Gasteiger partial charge is 0.00773 e. The summed E-state index contributed by atoms with van der Waals surface area (Å²) in [5.41, 5.74) is 5.51. The second-order valence-corrected chi connectivity index (χ2v) is 7.51. The Balaban J connectivity index is 0. The Bertz CT molecular complexity index is 176. The molecule has 0 heterocycles. The van der Waals surface area contributed by atoms with Crippen LogP contribution < -0.4 is 5.73 Å². The van der Waals surface area contributed by atoms with Gasteiger partial charge in [0.15, 0.2) is 0 Å². The van der Waals surface area contributed by atoms with Gasteiger partial charge in [-0.15, -0.1) is 17.0 Å². The Morgan fingerprint density at radius 2 is 0.583 bits per heavy atom. The third-order valence-corrected chi connectivity index (χ3v) is 5.06. The Labute approximate surface area is 164 Å². The molecule has 0 aliphatic heterocycles. The summed E-state index contributed by atoms with van der Waals surface area (Å²) >= 11 is 0. The van der Waals surface area contributed by atoms with Gasteiger partial charge in [-0.1, -0.05) is 129 Å². The standard InChI is InChI=1S/C22H47N.BrH/c1-2-3-4-5-6-7-8-9-10-11-12-13-14-15-16-17-18-19-20-21-22-23;/h2-23H2,1H3;1H. The number of halogens is 1. The summed E-state index contributed by atoms with van der Waals surface area (Å²) in [6.07, 6.45) is 28.8. The topological polar surface area (TPSA) is 26.0 Å². The van der Waals surface area contributed by atoms with Crippen molar-refractivity contribution in [3.63, 3.8) is 0 Å². The Kier molecular flexibility index (Phi) is 28.5. The molecule has 0 saturated heterocycles. The molecule has 0 aromatic carbocycles. The second kappa shape index (κ2) is 25.7. The maximum absolute atomic E-state index is 5.51. The van der Waals surface area contributed by atoms with Crippen LogP contribution in [-0.4, -0.2) is 6.54 Å². The summed E-state index contributed by atoms with van der Waals surface area (Å²) in [7, 11) is 0. The quantitative estimate of drug-likeness (QED) is 0.202. The van der Waals surface area contributed by atoms with Crippen LogP contribution >= 0.6 is 17.0 Å².